The van der Waals surface area contributed by atoms with Crippen LogP contribution in [0.5, 0.6) is 5.75 Å². The van der Waals surface area contributed by atoms with Crippen molar-refractivity contribution in [3.63, 3.8) is 0 Å². The van der Waals surface area contributed by atoms with E-state index < -0.39 is 0 Å². The lowest BCUT2D eigenvalue weighted by atomic mass is 10.0. The average molecular weight is 424 g/mol. The number of aromatic nitrogens is 2. The Balaban J connectivity index is 1.38. The fourth-order valence-electron chi connectivity index (χ4n) is 3.56. The summed E-state index contributed by atoms with van der Waals surface area (Å²) in [5.41, 5.74) is 6.72. The van der Waals surface area contributed by atoms with Gasteiger partial charge in [0.05, 0.1) is 23.5 Å². The standard InChI is InChI=1S/C26H21N3OS/c1-30-23-14-21(16-27-17-23)20-10-11-24-25(15-20)31-26(29-24)28-22-9-5-8-19(13-22)12-18-6-3-2-4-7-18/h2-11,13-17H,12H2,1H3,(H,28,29). The zero-order chi connectivity index (χ0) is 21.0. The van der Waals surface area contributed by atoms with Gasteiger partial charge in [-0.05, 0) is 53.4 Å². The highest BCUT2D eigenvalue weighted by molar-refractivity contribution is 7.22. The number of thiazole rings is 1. The van der Waals surface area contributed by atoms with Crippen LogP contribution in [0.2, 0.25) is 0 Å². The summed E-state index contributed by atoms with van der Waals surface area (Å²) in [5, 5.41) is 4.35. The van der Waals surface area contributed by atoms with Gasteiger partial charge < -0.3 is 10.1 Å². The van der Waals surface area contributed by atoms with Crippen molar-refractivity contribution >= 4 is 32.4 Å². The molecule has 0 saturated heterocycles. The van der Waals surface area contributed by atoms with E-state index in [1.54, 1.807) is 24.6 Å². The maximum atomic E-state index is 5.30. The average Bonchev–Trinajstić information content (AvgIpc) is 3.21. The molecule has 152 valence electrons. The van der Waals surface area contributed by atoms with E-state index in [4.69, 9.17) is 9.72 Å². The smallest absolute Gasteiger partial charge is 0.188 e. The van der Waals surface area contributed by atoms with E-state index in [-0.39, 0.29) is 0 Å². The third kappa shape index (κ3) is 4.42. The Hall–Kier alpha value is -3.70. The first-order valence-corrected chi connectivity index (χ1v) is 10.9. The summed E-state index contributed by atoms with van der Waals surface area (Å²) in [7, 11) is 1.65. The molecule has 2 heterocycles. The molecular formula is C26H21N3OS. The zero-order valence-corrected chi connectivity index (χ0v) is 17.9. The van der Waals surface area contributed by atoms with Gasteiger partial charge in [-0.1, -0.05) is 59.9 Å². The second-order valence-electron chi connectivity index (χ2n) is 7.30. The summed E-state index contributed by atoms with van der Waals surface area (Å²) in [4.78, 5) is 9.02. The van der Waals surface area contributed by atoms with Gasteiger partial charge in [0, 0.05) is 17.4 Å². The van der Waals surface area contributed by atoms with Gasteiger partial charge in [-0.3, -0.25) is 4.98 Å². The van der Waals surface area contributed by atoms with Crippen LogP contribution >= 0.6 is 11.3 Å². The van der Waals surface area contributed by atoms with Crippen molar-refractivity contribution < 1.29 is 4.74 Å². The molecule has 0 atom stereocenters. The number of rotatable bonds is 6. The number of nitrogens with one attached hydrogen (secondary N) is 1. The van der Waals surface area contributed by atoms with Gasteiger partial charge in [0.2, 0.25) is 0 Å². The topological polar surface area (TPSA) is 47.0 Å². The molecule has 5 rings (SSSR count). The number of hydrogen-bond donors (Lipinski definition) is 1. The lowest BCUT2D eigenvalue weighted by Gasteiger charge is -2.06. The molecule has 1 N–H and O–H groups in total. The molecule has 3 aromatic carbocycles. The Morgan fingerprint density at radius 3 is 2.58 bits per heavy atom. The monoisotopic (exact) mass is 423 g/mol. The minimum atomic E-state index is 0.750. The van der Waals surface area contributed by atoms with Crippen LogP contribution in [-0.4, -0.2) is 17.1 Å². The van der Waals surface area contributed by atoms with Crippen LogP contribution < -0.4 is 10.1 Å². The second-order valence-corrected chi connectivity index (χ2v) is 8.33. The highest BCUT2D eigenvalue weighted by atomic mass is 32.1. The van der Waals surface area contributed by atoms with Gasteiger partial charge in [-0.25, -0.2) is 4.98 Å². The van der Waals surface area contributed by atoms with Crippen molar-refractivity contribution in [2.24, 2.45) is 0 Å². The van der Waals surface area contributed by atoms with Crippen LogP contribution in [0.4, 0.5) is 10.8 Å². The van der Waals surface area contributed by atoms with Crippen molar-refractivity contribution in [2.45, 2.75) is 6.42 Å². The lowest BCUT2D eigenvalue weighted by molar-refractivity contribution is 0.413. The van der Waals surface area contributed by atoms with Crippen LogP contribution in [0.15, 0.2) is 91.3 Å². The van der Waals surface area contributed by atoms with E-state index in [0.29, 0.717) is 0 Å². The molecule has 0 saturated carbocycles. The summed E-state index contributed by atoms with van der Waals surface area (Å²) in [5.74, 6) is 0.750. The van der Waals surface area contributed by atoms with Gasteiger partial charge in [-0.2, -0.15) is 0 Å². The maximum Gasteiger partial charge on any atom is 0.188 e. The highest BCUT2D eigenvalue weighted by Gasteiger charge is 2.08. The number of anilines is 2. The Morgan fingerprint density at radius 2 is 1.71 bits per heavy atom. The third-order valence-corrected chi connectivity index (χ3v) is 6.03. The number of nitrogens with zero attached hydrogens (tertiary/aromatic N) is 2. The van der Waals surface area contributed by atoms with Crippen molar-refractivity contribution in [3.05, 3.63) is 102 Å². The summed E-state index contributed by atoms with van der Waals surface area (Å²) < 4.78 is 6.43. The number of methoxy groups -OCH3 is 1. The number of fused-ring (bicyclic) bond motifs is 1. The Labute approximate surface area is 185 Å². The summed E-state index contributed by atoms with van der Waals surface area (Å²) >= 11 is 1.65. The van der Waals surface area contributed by atoms with Crippen LogP contribution in [0.3, 0.4) is 0 Å². The normalized spacial score (nSPS) is 10.9. The van der Waals surface area contributed by atoms with Gasteiger partial charge in [-0.15, -0.1) is 0 Å². The van der Waals surface area contributed by atoms with Crippen molar-refractivity contribution in [3.8, 4) is 16.9 Å². The van der Waals surface area contributed by atoms with Crippen LogP contribution in [0.1, 0.15) is 11.1 Å². The lowest BCUT2D eigenvalue weighted by Crippen LogP contribution is -1.92. The highest BCUT2D eigenvalue weighted by Crippen LogP contribution is 2.32. The van der Waals surface area contributed by atoms with Crippen LogP contribution in [0.25, 0.3) is 21.3 Å². The molecule has 0 spiro atoms. The van der Waals surface area contributed by atoms with Gasteiger partial charge in [0.25, 0.3) is 0 Å². The summed E-state index contributed by atoms with van der Waals surface area (Å²) in [6.07, 6.45) is 4.47. The van der Waals surface area contributed by atoms with E-state index in [1.165, 1.54) is 11.1 Å². The Kier molecular flexibility index (Phi) is 5.33. The first-order valence-electron chi connectivity index (χ1n) is 10.1. The first-order chi connectivity index (χ1) is 15.3. The van der Waals surface area contributed by atoms with Gasteiger partial charge in [0.15, 0.2) is 5.13 Å². The number of benzene rings is 3. The van der Waals surface area contributed by atoms with Gasteiger partial charge in [0.1, 0.15) is 5.75 Å². The number of pyridine rings is 1. The molecule has 0 fully saturated rings. The van der Waals surface area contributed by atoms with Crippen molar-refractivity contribution in [2.75, 3.05) is 12.4 Å². The molecule has 4 nitrogen and oxygen atoms in total. The molecule has 0 radical (unpaired) electrons. The molecule has 2 aromatic heterocycles. The molecule has 0 aliphatic carbocycles. The first kappa shape index (κ1) is 19.3. The Morgan fingerprint density at radius 1 is 0.839 bits per heavy atom. The van der Waals surface area contributed by atoms with Crippen LogP contribution in [0, 0.1) is 0 Å². The molecule has 31 heavy (non-hydrogen) atoms. The number of hydrogen-bond acceptors (Lipinski definition) is 5. The molecule has 0 aliphatic heterocycles. The molecule has 5 heteroatoms. The fourth-order valence-corrected chi connectivity index (χ4v) is 4.49. The van der Waals surface area contributed by atoms with Crippen LogP contribution in [-0.2, 0) is 6.42 Å². The number of ether oxygens (including phenoxy) is 1. The molecule has 0 unspecified atom stereocenters. The van der Waals surface area contributed by atoms with Gasteiger partial charge >= 0.3 is 0 Å². The predicted molar refractivity (Wildman–Crippen MR) is 128 cm³/mol. The van der Waals surface area contributed by atoms with E-state index in [0.717, 1.165) is 44.3 Å². The van der Waals surface area contributed by atoms with E-state index in [2.05, 4.69) is 77.0 Å². The molecule has 0 amide bonds. The fraction of sp³-hybridized carbons (Fsp3) is 0.0769. The maximum absolute atomic E-state index is 5.30. The summed E-state index contributed by atoms with van der Waals surface area (Å²) in [6.45, 7) is 0. The van der Waals surface area contributed by atoms with Crippen molar-refractivity contribution in [1.29, 1.82) is 0 Å². The molecule has 0 aliphatic rings. The second kappa shape index (κ2) is 8.58. The van der Waals surface area contributed by atoms with E-state index in [1.807, 2.05) is 18.3 Å². The SMILES string of the molecule is COc1cncc(-c2ccc3nc(Nc4cccc(Cc5ccccc5)c4)sc3c2)c1. The molecular weight excluding hydrogens is 402 g/mol. The summed E-state index contributed by atoms with van der Waals surface area (Å²) in [6, 6.07) is 27.3. The minimum Gasteiger partial charge on any atom is -0.495 e. The van der Waals surface area contributed by atoms with E-state index >= 15 is 0 Å². The Bertz CT molecular complexity index is 1330. The van der Waals surface area contributed by atoms with Crippen molar-refractivity contribution in [1.82, 2.24) is 9.97 Å². The molecule has 0 bridgehead atoms. The predicted octanol–water partition coefficient (Wildman–Crippen LogP) is 6.70. The quantitative estimate of drug-likeness (QED) is 0.330. The third-order valence-electron chi connectivity index (χ3n) is 5.10. The largest absolute Gasteiger partial charge is 0.495 e. The van der Waals surface area contributed by atoms with E-state index in [9.17, 15) is 0 Å². The molecule has 5 aromatic rings. The zero-order valence-electron chi connectivity index (χ0n) is 17.1. The minimum absolute atomic E-state index is 0.750.